The average molecular weight is 1180 g/mol. The Morgan fingerprint density at radius 2 is 0.554 bits per heavy atom. The third kappa shape index (κ3) is 6.90. The van der Waals surface area contributed by atoms with Crippen LogP contribution in [0, 0.1) is 0 Å². The monoisotopic (exact) mass is 1180 g/mol. The van der Waals surface area contributed by atoms with Crippen LogP contribution in [0.1, 0.15) is 6.92 Å². The largest absolute Gasteiger partial charge is 0.309 e. The lowest BCUT2D eigenvalue weighted by atomic mass is 10.1. The second kappa shape index (κ2) is 18.9. The van der Waals surface area contributed by atoms with Gasteiger partial charge in [-0.15, -0.1) is 0 Å². The Labute approximate surface area is 523 Å². The molecule has 430 valence electrons. The molecule has 20 rings (SSSR count). The summed E-state index contributed by atoms with van der Waals surface area (Å²) < 4.78 is 13.5. The van der Waals surface area contributed by atoms with Crippen molar-refractivity contribution in [3.05, 3.63) is 274 Å². The lowest BCUT2D eigenvalue weighted by Crippen LogP contribution is -2.49. The van der Waals surface area contributed by atoms with Gasteiger partial charge in [-0.05, 0) is 116 Å². The second-order valence-electron chi connectivity index (χ2n) is 23.6. The number of aromatic nitrogens is 6. The van der Waals surface area contributed by atoms with Gasteiger partial charge in [-0.25, -0.2) is 4.90 Å². The molecule has 0 aliphatic carbocycles. The molecule has 3 aliphatic heterocycles. The summed E-state index contributed by atoms with van der Waals surface area (Å²) in [6.45, 7) is 6.31. The van der Waals surface area contributed by atoms with Crippen LogP contribution in [0.4, 0.5) is 0 Å². The lowest BCUT2D eigenvalue weighted by Gasteiger charge is -2.31. The first-order valence-corrected chi connectivity index (χ1v) is 30.9. The van der Waals surface area contributed by atoms with E-state index in [4.69, 9.17) is 30.0 Å². The van der Waals surface area contributed by atoms with Gasteiger partial charge in [0.1, 0.15) is 0 Å². The Morgan fingerprint density at radius 1 is 0.283 bits per heavy atom. The first kappa shape index (κ1) is 50.3. The number of fused-ring (bicyclic) bond motifs is 18. The molecule has 0 spiro atoms. The molecule has 0 saturated carbocycles. The van der Waals surface area contributed by atoms with Crippen molar-refractivity contribution < 1.29 is 0 Å². The van der Waals surface area contributed by atoms with Crippen molar-refractivity contribution in [3.63, 3.8) is 0 Å². The van der Waals surface area contributed by atoms with E-state index in [0.29, 0.717) is 35.8 Å². The number of guanidine groups is 3. The minimum atomic E-state index is 0.329. The summed E-state index contributed by atoms with van der Waals surface area (Å²) in [6.07, 6.45) is 8.13. The first-order chi connectivity index (χ1) is 45.6. The molecule has 6 aromatic heterocycles. The van der Waals surface area contributed by atoms with Gasteiger partial charge in [0.25, 0.3) is 0 Å². The van der Waals surface area contributed by atoms with Crippen molar-refractivity contribution in [2.45, 2.75) is 6.92 Å². The van der Waals surface area contributed by atoms with Gasteiger partial charge in [-0.1, -0.05) is 164 Å². The lowest BCUT2D eigenvalue weighted by molar-refractivity contribution is 0.814. The Hall–Kier alpha value is -12.7. The van der Waals surface area contributed by atoms with Crippen LogP contribution in [-0.2, 0) is 0 Å². The quantitative estimate of drug-likeness (QED) is 0.157. The Morgan fingerprint density at radius 3 is 0.902 bits per heavy atom. The van der Waals surface area contributed by atoms with E-state index in [0.717, 1.165) is 148 Å². The number of hydrogen-bond donors (Lipinski definition) is 0. The fourth-order valence-corrected chi connectivity index (χ4v) is 14.9. The zero-order valence-corrected chi connectivity index (χ0v) is 49.4. The zero-order chi connectivity index (χ0) is 60.4. The van der Waals surface area contributed by atoms with Gasteiger partial charge in [-0.3, -0.25) is 13.7 Å². The van der Waals surface area contributed by atoms with Crippen LogP contribution in [0.15, 0.2) is 303 Å². The van der Waals surface area contributed by atoms with Crippen molar-refractivity contribution in [1.29, 1.82) is 0 Å². The maximum absolute atomic E-state index is 5.56. The van der Waals surface area contributed by atoms with E-state index < -0.39 is 0 Å². The molecule has 0 bridgehead atoms. The molecule has 0 N–H and O–H groups in total. The van der Waals surface area contributed by atoms with E-state index >= 15 is 0 Å². The molecule has 3 aliphatic rings. The number of allylic oxidation sites excluding steroid dienone is 5. The molecule has 0 atom stereocenters. The summed E-state index contributed by atoms with van der Waals surface area (Å²) in [7, 11) is 0. The third-order valence-corrected chi connectivity index (χ3v) is 18.8. The predicted molar refractivity (Wildman–Crippen MR) is 382 cm³/mol. The molecular weight excluding hydrogens is 1130 g/mol. The van der Waals surface area contributed by atoms with Gasteiger partial charge >= 0.3 is 0 Å². The Balaban J connectivity index is 0.871. The van der Waals surface area contributed by atoms with Crippen molar-refractivity contribution in [2.75, 3.05) is 0 Å². The molecule has 13 nitrogen and oxygen atoms in total. The van der Waals surface area contributed by atoms with Crippen LogP contribution in [0.5, 0.6) is 0 Å². The molecule has 9 heterocycles. The number of hydrogen-bond acceptors (Lipinski definition) is 7. The SMILES string of the molecule is C=C/C(=C\C=C/C)n1c2ccccc2c2cc3c(cc21)c1ccccc1n3C1=NC2=NC(n3c4ccccc4c4cc5c(cc43)c3ccccc3n5-c3ccccc3)=NC3=NC(n4c5ccccc5c5cc6c(cc54)c4ccccc4n6-c4ccccc4)=NC(=N1)N23. The number of nitrogens with zero attached hydrogens (tertiary/aromatic N) is 13. The first-order valence-electron chi connectivity index (χ1n) is 30.9. The minimum Gasteiger partial charge on any atom is -0.309 e. The van der Waals surface area contributed by atoms with Gasteiger partial charge in [0.2, 0.25) is 35.8 Å². The predicted octanol–water partition coefficient (Wildman–Crippen LogP) is 18.3. The van der Waals surface area contributed by atoms with Crippen molar-refractivity contribution in [1.82, 2.24) is 32.3 Å². The highest BCUT2D eigenvalue weighted by atomic mass is 15.5. The normalized spacial score (nSPS) is 14.6. The van der Waals surface area contributed by atoms with Crippen LogP contribution >= 0.6 is 0 Å². The van der Waals surface area contributed by atoms with Crippen molar-refractivity contribution in [3.8, 4) is 11.4 Å². The third-order valence-electron chi connectivity index (χ3n) is 18.8. The van der Waals surface area contributed by atoms with Crippen LogP contribution in [-0.4, -0.2) is 68.1 Å². The summed E-state index contributed by atoms with van der Waals surface area (Å²) >= 11 is 0. The van der Waals surface area contributed by atoms with Crippen LogP contribution in [0.2, 0.25) is 0 Å². The summed E-state index contributed by atoms with van der Waals surface area (Å²) in [5.41, 5.74) is 15.3. The highest BCUT2D eigenvalue weighted by Gasteiger charge is 2.38. The molecule has 0 fully saturated rings. The maximum atomic E-state index is 5.56. The van der Waals surface area contributed by atoms with E-state index in [-0.39, 0.29) is 0 Å². The highest BCUT2D eigenvalue weighted by molar-refractivity contribution is 6.34. The molecule has 92 heavy (non-hydrogen) atoms. The minimum absolute atomic E-state index is 0.329. The van der Waals surface area contributed by atoms with E-state index in [1.807, 2.05) is 19.1 Å². The fraction of sp³-hybridized carbons (Fsp3) is 0.0127. The summed E-state index contributed by atoms with van der Waals surface area (Å²) in [6, 6.07) is 86.4. The van der Waals surface area contributed by atoms with Crippen LogP contribution in [0.25, 0.3) is 148 Å². The Kier molecular flexibility index (Phi) is 10.3. The number of rotatable bonds is 5. The number of para-hydroxylation sites is 8. The smallest absolute Gasteiger partial charge is 0.246 e. The molecule has 0 saturated heterocycles. The molecule has 17 aromatic rings. The summed E-state index contributed by atoms with van der Waals surface area (Å²) in [5, 5.41) is 13.0. The Bertz CT molecular complexity index is 6220. The van der Waals surface area contributed by atoms with E-state index in [9.17, 15) is 0 Å². The molecule has 13 heteroatoms. The van der Waals surface area contributed by atoms with Gasteiger partial charge < -0.3 is 13.7 Å². The van der Waals surface area contributed by atoms with Crippen molar-refractivity contribution in [2.24, 2.45) is 30.0 Å². The molecule has 0 radical (unpaired) electrons. The summed E-state index contributed by atoms with van der Waals surface area (Å²) in [4.78, 5) is 35.1. The van der Waals surface area contributed by atoms with Gasteiger partial charge in [-0.2, -0.15) is 30.0 Å². The number of aliphatic imine (C=N–C) groups is 6. The molecule has 11 aromatic carbocycles. The molecule has 0 unspecified atom stereocenters. The molecular formula is C79H49N13. The van der Waals surface area contributed by atoms with E-state index in [1.54, 1.807) is 4.90 Å². The van der Waals surface area contributed by atoms with E-state index in [1.165, 1.54) is 0 Å². The summed E-state index contributed by atoms with van der Waals surface area (Å²) in [5.74, 6) is 2.18. The van der Waals surface area contributed by atoms with E-state index in [2.05, 4.69) is 289 Å². The number of benzene rings is 11. The van der Waals surface area contributed by atoms with Crippen LogP contribution < -0.4 is 0 Å². The van der Waals surface area contributed by atoms with Gasteiger partial charge in [0.05, 0.1) is 66.2 Å². The standard InChI is InChI=1S/C79H49N13/c1-3-5-24-47(4-2)86-62-35-18-12-29-50(62)56-44-71-59(41-68(56)86)53-32-15-21-38-65(53)89(71)74-80-77-82-75(90-66-39-22-16-33-54(66)60-42-69-57(45-72(60)90)51-30-13-19-36-63(51)87(69)48-25-8-6-9-26-48)84-79-85-76(83-78(81-74)92(77)79)91-67-40-23-17-34-55(67)61-43-70-58(46-73(61)91)52-31-14-20-37-64(52)88(70)49-27-10-7-11-28-49/h3-46H,2H2,1H3/b5-3-,47-24+. The topological polar surface area (TPSA) is 107 Å². The van der Waals surface area contributed by atoms with Crippen molar-refractivity contribution >= 4 is 172 Å². The molecule has 0 amide bonds. The fourth-order valence-electron chi connectivity index (χ4n) is 14.9. The maximum Gasteiger partial charge on any atom is 0.246 e. The highest BCUT2D eigenvalue weighted by Crippen LogP contribution is 2.43. The van der Waals surface area contributed by atoms with Crippen LogP contribution in [0.3, 0.4) is 0 Å². The average Bonchev–Trinajstić information content (AvgIpc) is 1.51. The second-order valence-corrected chi connectivity index (χ2v) is 23.6. The van der Waals surface area contributed by atoms with Gasteiger partial charge in [0, 0.05) is 81.7 Å². The zero-order valence-electron chi connectivity index (χ0n) is 49.4. The van der Waals surface area contributed by atoms with Gasteiger partial charge in [0.15, 0.2) is 0 Å².